The van der Waals surface area contributed by atoms with Gasteiger partial charge in [0.05, 0.1) is 0 Å². The summed E-state index contributed by atoms with van der Waals surface area (Å²) in [5, 5.41) is 0. The van der Waals surface area contributed by atoms with Crippen LogP contribution in [0.4, 0.5) is 0 Å². The minimum Gasteiger partial charge on any atom is -0.0622 e. The highest BCUT2D eigenvalue weighted by Gasteiger charge is 2.46. The number of fused-ring (bicyclic) bond motifs is 1. The fourth-order valence-electron chi connectivity index (χ4n) is 4.95. The summed E-state index contributed by atoms with van der Waals surface area (Å²) in [5.74, 6) is 2.42. The van der Waals surface area contributed by atoms with E-state index in [1.54, 1.807) is 17.0 Å². The minimum atomic E-state index is 0.339. The zero-order chi connectivity index (χ0) is 15.0. The predicted octanol–water partition coefficient (Wildman–Crippen LogP) is 5.92. The topological polar surface area (TPSA) is 0 Å². The van der Waals surface area contributed by atoms with Crippen molar-refractivity contribution in [2.45, 2.75) is 51.4 Å². The maximum atomic E-state index is 2.54. The molecule has 2 aromatic carbocycles. The lowest BCUT2D eigenvalue weighted by atomic mass is 9.57. The lowest BCUT2D eigenvalue weighted by molar-refractivity contribution is 0.208. The van der Waals surface area contributed by atoms with Gasteiger partial charge in [0.15, 0.2) is 0 Å². The highest BCUT2D eigenvalue weighted by atomic mass is 14.5. The summed E-state index contributed by atoms with van der Waals surface area (Å²) in [5.41, 5.74) is 5.03. The van der Waals surface area contributed by atoms with Gasteiger partial charge in [-0.25, -0.2) is 0 Å². The molecule has 1 radical (unpaired) electrons. The summed E-state index contributed by atoms with van der Waals surface area (Å²) >= 11 is 0. The van der Waals surface area contributed by atoms with E-state index in [0.717, 1.165) is 0 Å². The molecule has 1 fully saturated rings. The normalized spacial score (nSPS) is 28.5. The van der Waals surface area contributed by atoms with Crippen LogP contribution in [0.3, 0.4) is 0 Å². The third-order valence-electron chi connectivity index (χ3n) is 6.09. The highest BCUT2D eigenvalue weighted by molar-refractivity contribution is 5.43. The molecule has 0 amide bonds. The lowest BCUT2D eigenvalue weighted by Gasteiger charge is -2.46. The monoisotopic (exact) mass is 289 g/mol. The van der Waals surface area contributed by atoms with Crippen molar-refractivity contribution in [3.8, 4) is 0 Å². The standard InChI is InChI=1S/C22H25/c1-22(21-15-14-17-9-5-6-12-19(17)21)16-8-7-13-20(22)18-10-3-2-4-11-18/h2-6,9-12,21H,7-8,13-16H2,1H3/t21-,22-/m0/s1. The minimum absolute atomic E-state index is 0.339. The summed E-state index contributed by atoms with van der Waals surface area (Å²) in [6.45, 7) is 2.54. The van der Waals surface area contributed by atoms with E-state index in [9.17, 15) is 0 Å². The Kier molecular flexibility index (Phi) is 3.56. The van der Waals surface area contributed by atoms with Gasteiger partial charge < -0.3 is 0 Å². The van der Waals surface area contributed by atoms with Crippen molar-refractivity contribution in [3.63, 3.8) is 0 Å². The fraction of sp³-hybridized carbons (Fsp3) is 0.409. The van der Waals surface area contributed by atoms with E-state index < -0.39 is 0 Å². The fourth-order valence-corrected chi connectivity index (χ4v) is 4.95. The maximum absolute atomic E-state index is 2.54. The Bertz CT molecular complexity index is 636. The molecule has 0 N–H and O–H groups in total. The van der Waals surface area contributed by atoms with Crippen LogP contribution >= 0.6 is 0 Å². The van der Waals surface area contributed by atoms with E-state index >= 15 is 0 Å². The number of rotatable bonds is 2. The molecule has 0 bridgehead atoms. The van der Waals surface area contributed by atoms with Crippen LogP contribution in [0.15, 0.2) is 54.6 Å². The largest absolute Gasteiger partial charge is 0.0622 e. The van der Waals surface area contributed by atoms with Crippen molar-refractivity contribution in [2.24, 2.45) is 5.41 Å². The predicted molar refractivity (Wildman–Crippen MR) is 92.9 cm³/mol. The summed E-state index contributed by atoms with van der Waals surface area (Å²) in [4.78, 5) is 0. The van der Waals surface area contributed by atoms with E-state index in [0.29, 0.717) is 11.3 Å². The smallest absolute Gasteiger partial charge is 0.0115 e. The first kappa shape index (κ1) is 14.1. The first-order valence-corrected chi connectivity index (χ1v) is 8.78. The van der Waals surface area contributed by atoms with Crippen LogP contribution in [0.5, 0.6) is 0 Å². The number of hydrogen-bond donors (Lipinski definition) is 0. The molecule has 22 heavy (non-hydrogen) atoms. The maximum Gasteiger partial charge on any atom is 0.0115 e. The molecule has 2 atom stereocenters. The number of aryl methyl sites for hydroxylation is 1. The van der Waals surface area contributed by atoms with Gasteiger partial charge in [0.2, 0.25) is 0 Å². The molecular weight excluding hydrogens is 264 g/mol. The zero-order valence-electron chi connectivity index (χ0n) is 13.5. The second-order valence-corrected chi connectivity index (χ2v) is 7.26. The molecule has 0 aliphatic heterocycles. The average Bonchev–Trinajstić information content (AvgIpc) is 3.01. The van der Waals surface area contributed by atoms with Gasteiger partial charge in [0.1, 0.15) is 0 Å². The lowest BCUT2D eigenvalue weighted by Crippen LogP contribution is -2.35. The SMILES string of the molecule is C[C@]1([C@H]2CCc3ccccc32)CCCC[C]1c1ccccc1. The second kappa shape index (κ2) is 5.57. The van der Waals surface area contributed by atoms with Crippen molar-refractivity contribution in [1.82, 2.24) is 0 Å². The molecule has 0 aromatic heterocycles. The zero-order valence-corrected chi connectivity index (χ0v) is 13.5. The third kappa shape index (κ3) is 2.20. The van der Waals surface area contributed by atoms with Crippen LogP contribution in [-0.2, 0) is 6.42 Å². The van der Waals surface area contributed by atoms with Crippen LogP contribution in [0.25, 0.3) is 0 Å². The van der Waals surface area contributed by atoms with Gasteiger partial charge in [0, 0.05) is 5.92 Å². The molecule has 4 rings (SSSR count). The van der Waals surface area contributed by atoms with Crippen LogP contribution in [0, 0.1) is 11.3 Å². The number of benzene rings is 2. The van der Waals surface area contributed by atoms with Crippen molar-refractivity contribution >= 4 is 0 Å². The first-order chi connectivity index (χ1) is 10.8. The van der Waals surface area contributed by atoms with E-state index in [2.05, 4.69) is 61.5 Å². The van der Waals surface area contributed by atoms with Crippen molar-refractivity contribution in [3.05, 3.63) is 77.2 Å². The first-order valence-electron chi connectivity index (χ1n) is 8.78. The van der Waals surface area contributed by atoms with Gasteiger partial charge in [-0.15, -0.1) is 0 Å². The second-order valence-electron chi connectivity index (χ2n) is 7.26. The quantitative estimate of drug-likeness (QED) is 0.643. The molecule has 0 unspecified atom stereocenters. The van der Waals surface area contributed by atoms with Crippen molar-refractivity contribution in [2.75, 3.05) is 0 Å². The summed E-state index contributed by atoms with van der Waals surface area (Å²) in [6.07, 6.45) is 7.94. The molecule has 0 heterocycles. The Hall–Kier alpha value is -1.56. The van der Waals surface area contributed by atoms with Crippen molar-refractivity contribution in [1.29, 1.82) is 0 Å². The van der Waals surface area contributed by atoms with E-state index in [-0.39, 0.29) is 0 Å². The Morgan fingerprint density at radius 2 is 1.64 bits per heavy atom. The molecule has 2 aromatic rings. The Morgan fingerprint density at radius 1 is 0.864 bits per heavy atom. The average molecular weight is 289 g/mol. The Morgan fingerprint density at radius 3 is 2.50 bits per heavy atom. The third-order valence-corrected chi connectivity index (χ3v) is 6.09. The van der Waals surface area contributed by atoms with Crippen LogP contribution < -0.4 is 0 Å². The summed E-state index contributed by atoms with van der Waals surface area (Å²) < 4.78 is 0. The van der Waals surface area contributed by atoms with Crippen LogP contribution in [0.2, 0.25) is 0 Å². The molecule has 113 valence electrons. The van der Waals surface area contributed by atoms with Crippen LogP contribution in [-0.4, -0.2) is 0 Å². The molecular formula is C22H25. The van der Waals surface area contributed by atoms with Gasteiger partial charge in [-0.1, -0.05) is 74.4 Å². The molecule has 0 heteroatoms. The molecule has 2 aliphatic carbocycles. The molecule has 0 saturated heterocycles. The highest BCUT2D eigenvalue weighted by Crippen LogP contribution is 2.57. The van der Waals surface area contributed by atoms with E-state index in [1.165, 1.54) is 44.1 Å². The Balaban J connectivity index is 1.74. The van der Waals surface area contributed by atoms with E-state index in [1.807, 2.05) is 0 Å². The Labute approximate surface area is 134 Å². The molecule has 0 spiro atoms. The van der Waals surface area contributed by atoms with Crippen molar-refractivity contribution < 1.29 is 0 Å². The van der Waals surface area contributed by atoms with E-state index in [4.69, 9.17) is 0 Å². The van der Waals surface area contributed by atoms with Gasteiger partial charge in [-0.05, 0) is 53.7 Å². The molecule has 1 saturated carbocycles. The van der Waals surface area contributed by atoms with Gasteiger partial charge in [-0.2, -0.15) is 0 Å². The molecule has 2 aliphatic rings. The molecule has 0 nitrogen and oxygen atoms in total. The summed E-state index contributed by atoms with van der Waals surface area (Å²) in [6, 6.07) is 20.3. The van der Waals surface area contributed by atoms with Gasteiger partial charge in [-0.3, -0.25) is 0 Å². The number of hydrogen-bond acceptors (Lipinski definition) is 0. The summed E-state index contributed by atoms with van der Waals surface area (Å²) in [7, 11) is 0. The van der Waals surface area contributed by atoms with Crippen LogP contribution in [0.1, 0.15) is 61.6 Å². The van der Waals surface area contributed by atoms with Gasteiger partial charge >= 0.3 is 0 Å². The van der Waals surface area contributed by atoms with Gasteiger partial charge in [0.25, 0.3) is 0 Å².